The highest BCUT2D eigenvalue weighted by Gasteiger charge is 2.24. The SMILES string of the molecule is CN(CCCl)CC1COc2ccccc21. The molecule has 0 bridgehead atoms. The van der Waals surface area contributed by atoms with Gasteiger partial charge in [0.1, 0.15) is 5.75 Å². The predicted molar refractivity (Wildman–Crippen MR) is 62.9 cm³/mol. The molecule has 3 heteroatoms. The van der Waals surface area contributed by atoms with Crippen LogP contribution in [0.25, 0.3) is 0 Å². The van der Waals surface area contributed by atoms with E-state index in [9.17, 15) is 0 Å². The van der Waals surface area contributed by atoms with Crippen LogP contribution in [0.4, 0.5) is 0 Å². The number of likely N-dealkylation sites (N-methyl/N-ethyl adjacent to an activating group) is 1. The Balaban J connectivity index is 2.01. The Morgan fingerprint density at radius 2 is 2.27 bits per heavy atom. The number of rotatable bonds is 4. The summed E-state index contributed by atoms with van der Waals surface area (Å²) in [5.41, 5.74) is 1.33. The van der Waals surface area contributed by atoms with Gasteiger partial charge in [-0.15, -0.1) is 11.6 Å². The lowest BCUT2D eigenvalue weighted by molar-refractivity contribution is 0.275. The van der Waals surface area contributed by atoms with Crippen molar-refractivity contribution in [2.24, 2.45) is 0 Å². The maximum atomic E-state index is 5.71. The van der Waals surface area contributed by atoms with Crippen molar-refractivity contribution in [3.05, 3.63) is 29.8 Å². The topological polar surface area (TPSA) is 12.5 Å². The summed E-state index contributed by atoms with van der Waals surface area (Å²) in [7, 11) is 2.10. The molecule has 0 radical (unpaired) electrons. The third-order valence-corrected chi connectivity index (χ3v) is 2.97. The van der Waals surface area contributed by atoms with Crippen molar-refractivity contribution in [2.75, 3.05) is 32.6 Å². The lowest BCUT2D eigenvalue weighted by atomic mass is 10.0. The van der Waals surface area contributed by atoms with Crippen LogP contribution in [-0.4, -0.2) is 37.5 Å². The molecule has 0 fully saturated rings. The van der Waals surface area contributed by atoms with Gasteiger partial charge in [-0.1, -0.05) is 18.2 Å². The molecule has 0 aromatic heterocycles. The monoisotopic (exact) mass is 225 g/mol. The fourth-order valence-electron chi connectivity index (χ4n) is 1.99. The molecule has 82 valence electrons. The highest BCUT2D eigenvalue weighted by molar-refractivity contribution is 6.18. The summed E-state index contributed by atoms with van der Waals surface area (Å²) < 4.78 is 5.63. The quantitative estimate of drug-likeness (QED) is 0.730. The van der Waals surface area contributed by atoms with E-state index in [4.69, 9.17) is 16.3 Å². The number of nitrogens with zero attached hydrogens (tertiary/aromatic N) is 1. The first-order valence-corrected chi connectivity index (χ1v) is 5.81. The van der Waals surface area contributed by atoms with E-state index < -0.39 is 0 Å². The van der Waals surface area contributed by atoms with Gasteiger partial charge in [-0.3, -0.25) is 0 Å². The summed E-state index contributed by atoms with van der Waals surface area (Å²) in [6, 6.07) is 8.28. The van der Waals surface area contributed by atoms with Crippen LogP contribution >= 0.6 is 11.6 Å². The molecule has 1 aliphatic rings. The van der Waals surface area contributed by atoms with Gasteiger partial charge < -0.3 is 9.64 Å². The Kier molecular flexibility index (Phi) is 3.49. The van der Waals surface area contributed by atoms with E-state index in [0.29, 0.717) is 11.8 Å². The first-order chi connectivity index (χ1) is 7.31. The second-order valence-electron chi connectivity index (χ2n) is 4.00. The van der Waals surface area contributed by atoms with Gasteiger partial charge in [0.15, 0.2) is 0 Å². The van der Waals surface area contributed by atoms with Crippen molar-refractivity contribution < 1.29 is 4.74 Å². The summed E-state index contributed by atoms with van der Waals surface area (Å²) in [5, 5.41) is 0. The van der Waals surface area contributed by atoms with Gasteiger partial charge in [0, 0.05) is 30.5 Å². The van der Waals surface area contributed by atoms with E-state index in [2.05, 4.69) is 24.1 Å². The summed E-state index contributed by atoms with van der Waals surface area (Å²) >= 11 is 5.71. The second kappa shape index (κ2) is 4.86. The normalized spacial score (nSPS) is 19.0. The maximum Gasteiger partial charge on any atom is 0.122 e. The first kappa shape index (κ1) is 10.8. The third-order valence-electron chi connectivity index (χ3n) is 2.80. The average molecular weight is 226 g/mol. The molecule has 0 saturated heterocycles. The average Bonchev–Trinajstić information content (AvgIpc) is 2.62. The van der Waals surface area contributed by atoms with Crippen LogP contribution in [0.2, 0.25) is 0 Å². The van der Waals surface area contributed by atoms with Gasteiger partial charge in [0.25, 0.3) is 0 Å². The Labute approximate surface area is 95.8 Å². The third kappa shape index (κ3) is 2.44. The van der Waals surface area contributed by atoms with Crippen LogP contribution < -0.4 is 4.74 Å². The van der Waals surface area contributed by atoms with Crippen LogP contribution in [-0.2, 0) is 0 Å². The van der Waals surface area contributed by atoms with Crippen LogP contribution in [0.5, 0.6) is 5.75 Å². The van der Waals surface area contributed by atoms with Gasteiger partial charge in [-0.25, -0.2) is 0 Å². The van der Waals surface area contributed by atoms with Gasteiger partial charge in [-0.05, 0) is 13.1 Å². The molecular weight excluding hydrogens is 210 g/mol. The molecule has 1 atom stereocenters. The molecule has 1 aromatic carbocycles. The van der Waals surface area contributed by atoms with Crippen molar-refractivity contribution in [1.29, 1.82) is 0 Å². The fraction of sp³-hybridized carbons (Fsp3) is 0.500. The van der Waals surface area contributed by atoms with E-state index in [0.717, 1.165) is 25.4 Å². The van der Waals surface area contributed by atoms with E-state index in [1.165, 1.54) is 5.56 Å². The smallest absolute Gasteiger partial charge is 0.122 e. The Bertz CT molecular complexity index is 329. The first-order valence-electron chi connectivity index (χ1n) is 5.27. The molecule has 0 aliphatic carbocycles. The van der Waals surface area contributed by atoms with E-state index in [-0.39, 0.29) is 0 Å². The number of benzene rings is 1. The second-order valence-corrected chi connectivity index (χ2v) is 4.37. The van der Waals surface area contributed by atoms with Gasteiger partial charge >= 0.3 is 0 Å². The molecule has 0 spiro atoms. The lowest BCUT2D eigenvalue weighted by Gasteiger charge is -2.18. The minimum Gasteiger partial charge on any atom is -0.493 e. The largest absolute Gasteiger partial charge is 0.493 e. The van der Waals surface area contributed by atoms with Crippen molar-refractivity contribution in [1.82, 2.24) is 4.90 Å². The maximum absolute atomic E-state index is 5.71. The van der Waals surface area contributed by atoms with Gasteiger partial charge in [-0.2, -0.15) is 0 Å². The van der Waals surface area contributed by atoms with Crippen LogP contribution in [0.15, 0.2) is 24.3 Å². The van der Waals surface area contributed by atoms with Crippen LogP contribution in [0.3, 0.4) is 0 Å². The van der Waals surface area contributed by atoms with Crippen molar-refractivity contribution >= 4 is 11.6 Å². The number of para-hydroxylation sites is 1. The zero-order valence-electron chi connectivity index (χ0n) is 8.95. The lowest BCUT2D eigenvalue weighted by Crippen LogP contribution is -2.27. The standard InChI is InChI=1S/C12H16ClNO/c1-14(7-6-13)8-10-9-15-12-5-3-2-4-11(10)12/h2-5,10H,6-9H2,1H3. The number of ether oxygens (including phenoxy) is 1. The van der Waals surface area contributed by atoms with Crippen LogP contribution in [0, 0.1) is 0 Å². The van der Waals surface area contributed by atoms with E-state index >= 15 is 0 Å². The van der Waals surface area contributed by atoms with Crippen LogP contribution in [0.1, 0.15) is 11.5 Å². The zero-order chi connectivity index (χ0) is 10.7. The summed E-state index contributed by atoms with van der Waals surface area (Å²) in [6.07, 6.45) is 0. The fourth-order valence-corrected chi connectivity index (χ4v) is 2.28. The zero-order valence-corrected chi connectivity index (χ0v) is 9.70. The number of fused-ring (bicyclic) bond motifs is 1. The molecule has 1 heterocycles. The Hall–Kier alpha value is -0.730. The minimum absolute atomic E-state index is 0.495. The van der Waals surface area contributed by atoms with Gasteiger partial charge in [0.05, 0.1) is 6.61 Å². The number of alkyl halides is 1. The summed E-state index contributed by atoms with van der Waals surface area (Å²) in [5.74, 6) is 2.22. The molecule has 1 unspecified atom stereocenters. The molecule has 1 aliphatic heterocycles. The molecular formula is C12H16ClNO. The molecule has 0 saturated carbocycles. The van der Waals surface area contributed by atoms with Crippen molar-refractivity contribution in [3.8, 4) is 5.75 Å². The highest BCUT2D eigenvalue weighted by Crippen LogP contribution is 2.33. The van der Waals surface area contributed by atoms with Gasteiger partial charge in [0.2, 0.25) is 0 Å². The molecule has 2 rings (SSSR count). The van der Waals surface area contributed by atoms with E-state index in [1.54, 1.807) is 0 Å². The summed E-state index contributed by atoms with van der Waals surface area (Å²) in [4.78, 5) is 2.25. The molecule has 15 heavy (non-hydrogen) atoms. The Morgan fingerprint density at radius 3 is 3.07 bits per heavy atom. The molecule has 0 N–H and O–H groups in total. The number of hydrogen-bond acceptors (Lipinski definition) is 2. The van der Waals surface area contributed by atoms with Crippen molar-refractivity contribution in [2.45, 2.75) is 5.92 Å². The Morgan fingerprint density at radius 1 is 1.47 bits per heavy atom. The summed E-state index contributed by atoms with van der Waals surface area (Å²) in [6.45, 7) is 2.75. The molecule has 1 aromatic rings. The van der Waals surface area contributed by atoms with E-state index in [1.807, 2.05) is 12.1 Å². The molecule has 0 amide bonds. The van der Waals surface area contributed by atoms with Crippen molar-refractivity contribution in [3.63, 3.8) is 0 Å². The molecule has 2 nitrogen and oxygen atoms in total. The number of halogens is 1. The minimum atomic E-state index is 0.495. The highest BCUT2D eigenvalue weighted by atomic mass is 35.5. The number of hydrogen-bond donors (Lipinski definition) is 0. The predicted octanol–water partition coefficient (Wildman–Crippen LogP) is 2.33.